The number of terminal acetylenes is 1. The molecule has 0 aliphatic carbocycles. The van der Waals surface area contributed by atoms with Crippen LogP contribution >= 0.6 is 0 Å². The van der Waals surface area contributed by atoms with E-state index in [1.165, 1.54) is 6.08 Å². The fourth-order valence-electron chi connectivity index (χ4n) is 0.458. The molecular formula is C9H12O2. The van der Waals surface area contributed by atoms with Gasteiger partial charge in [0, 0.05) is 6.08 Å². The highest BCUT2D eigenvalue weighted by Crippen LogP contribution is 1.97. The summed E-state index contributed by atoms with van der Waals surface area (Å²) in [4.78, 5) is 10.8. The van der Waals surface area contributed by atoms with Crippen molar-refractivity contribution >= 4 is 5.97 Å². The van der Waals surface area contributed by atoms with E-state index in [4.69, 9.17) is 6.42 Å². The molecule has 0 atom stereocenters. The Balaban J connectivity index is 3.79. The van der Waals surface area contributed by atoms with Gasteiger partial charge in [0.2, 0.25) is 0 Å². The van der Waals surface area contributed by atoms with E-state index in [9.17, 15) is 4.79 Å². The van der Waals surface area contributed by atoms with E-state index in [1.54, 1.807) is 0 Å². The number of carbonyl (C=O) groups excluding carboxylic acids is 1. The van der Waals surface area contributed by atoms with Crippen LogP contribution in [0.3, 0.4) is 0 Å². The molecule has 0 aromatic carbocycles. The van der Waals surface area contributed by atoms with E-state index < -0.39 is 0 Å². The summed E-state index contributed by atoms with van der Waals surface area (Å²) >= 11 is 0. The Bertz CT molecular complexity index is 196. The van der Waals surface area contributed by atoms with Crippen LogP contribution in [0, 0.1) is 12.3 Å². The molecule has 0 unspecified atom stereocenters. The van der Waals surface area contributed by atoms with Crippen molar-refractivity contribution in [3.05, 3.63) is 11.6 Å². The zero-order valence-corrected chi connectivity index (χ0v) is 6.89. The molecule has 0 aromatic rings. The van der Waals surface area contributed by atoms with Crippen molar-refractivity contribution in [2.75, 3.05) is 6.61 Å². The summed E-state index contributed by atoms with van der Waals surface area (Å²) in [6.45, 7) is 3.89. The van der Waals surface area contributed by atoms with Gasteiger partial charge in [-0.2, -0.15) is 0 Å². The normalized spacial score (nSPS) is 10.5. The third kappa shape index (κ3) is 5.23. The molecule has 0 rings (SSSR count). The summed E-state index contributed by atoms with van der Waals surface area (Å²) in [6, 6.07) is 0. The number of rotatable bonds is 3. The van der Waals surface area contributed by atoms with Crippen LogP contribution in [-0.2, 0) is 9.53 Å². The Morgan fingerprint density at radius 1 is 1.73 bits per heavy atom. The highest BCUT2D eigenvalue weighted by atomic mass is 16.5. The van der Waals surface area contributed by atoms with Gasteiger partial charge in [-0.25, -0.2) is 4.79 Å². The second-order valence-corrected chi connectivity index (χ2v) is 2.16. The molecule has 0 amide bonds. The van der Waals surface area contributed by atoms with Crippen LogP contribution in [-0.4, -0.2) is 12.6 Å². The van der Waals surface area contributed by atoms with Gasteiger partial charge in [-0.05, 0) is 13.3 Å². The van der Waals surface area contributed by atoms with E-state index in [0.717, 1.165) is 12.0 Å². The molecule has 0 bridgehead atoms. The van der Waals surface area contributed by atoms with Crippen LogP contribution < -0.4 is 0 Å². The number of allylic oxidation sites excluding steroid dienone is 1. The highest BCUT2D eigenvalue weighted by Gasteiger charge is 1.95. The van der Waals surface area contributed by atoms with Gasteiger partial charge in [-0.3, -0.25) is 0 Å². The van der Waals surface area contributed by atoms with Crippen molar-refractivity contribution in [3.8, 4) is 12.3 Å². The smallest absolute Gasteiger partial charge is 0.331 e. The molecule has 0 spiro atoms. The van der Waals surface area contributed by atoms with Crippen molar-refractivity contribution in [2.45, 2.75) is 20.3 Å². The van der Waals surface area contributed by atoms with Gasteiger partial charge in [0.1, 0.15) is 0 Å². The quantitative estimate of drug-likeness (QED) is 0.348. The van der Waals surface area contributed by atoms with Crippen LogP contribution in [0.25, 0.3) is 0 Å². The molecule has 0 heterocycles. The highest BCUT2D eigenvalue weighted by molar-refractivity contribution is 5.82. The van der Waals surface area contributed by atoms with Gasteiger partial charge >= 0.3 is 5.97 Å². The fourth-order valence-corrected chi connectivity index (χ4v) is 0.458. The number of hydrogen-bond acceptors (Lipinski definition) is 2. The molecule has 0 saturated carbocycles. The van der Waals surface area contributed by atoms with Crippen LogP contribution in [0.1, 0.15) is 20.3 Å². The maximum absolute atomic E-state index is 10.8. The van der Waals surface area contributed by atoms with Gasteiger partial charge in [0.25, 0.3) is 0 Å². The standard InChI is InChI=1S/C9H12O2/c1-4-6-11-9(10)7-8(3)5-2/h1,7H,5-6H2,2-3H3/b8-7+. The van der Waals surface area contributed by atoms with E-state index in [0.29, 0.717) is 0 Å². The second kappa shape index (κ2) is 5.55. The van der Waals surface area contributed by atoms with Crippen LogP contribution in [0.15, 0.2) is 11.6 Å². The molecule has 0 saturated heterocycles. The molecule has 0 N–H and O–H groups in total. The topological polar surface area (TPSA) is 26.3 Å². The van der Waals surface area contributed by atoms with Gasteiger partial charge in [0.05, 0.1) is 0 Å². The maximum Gasteiger partial charge on any atom is 0.331 e. The summed E-state index contributed by atoms with van der Waals surface area (Å²) < 4.78 is 4.61. The molecule has 0 aliphatic rings. The number of esters is 1. The first kappa shape index (κ1) is 9.77. The Labute approximate surface area is 67.2 Å². The summed E-state index contributed by atoms with van der Waals surface area (Å²) in [5.41, 5.74) is 0.993. The molecule has 0 aromatic heterocycles. The Morgan fingerprint density at radius 3 is 2.82 bits per heavy atom. The number of ether oxygens (including phenoxy) is 1. The zero-order valence-electron chi connectivity index (χ0n) is 6.89. The van der Waals surface area contributed by atoms with Gasteiger partial charge in [-0.15, -0.1) is 6.42 Å². The SMILES string of the molecule is C#CCOC(=O)/C=C(\C)CC. The largest absolute Gasteiger partial charge is 0.449 e. The van der Waals surface area contributed by atoms with E-state index in [1.807, 2.05) is 13.8 Å². The number of hydrogen-bond donors (Lipinski definition) is 0. The Kier molecular flexibility index (Phi) is 4.93. The minimum atomic E-state index is -0.359. The van der Waals surface area contributed by atoms with Crippen molar-refractivity contribution in [2.24, 2.45) is 0 Å². The average Bonchev–Trinajstić information content (AvgIpc) is 2.00. The molecule has 2 nitrogen and oxygen atoms in total. The third-order valence-corrected chi connectivity index (χ3v) is 1.22. The Hall–Kier alpha value is -1.23. The van der Waals surface area contributed by atoms with Crippen molar-refractivity contribution in [1.82, 2.24) is 0 Å². The minimum absolute atomic E-state index is 0.0479. The van der Waals surface area contributed by atoms with Crippen LogP contribution in [0.2, 0.25) is 0 Å². The molecule has 0 fully saturated rings. The minimum Gasteiger partial charge on any atom is -0.449 e. The molecule has 2 heteroatoms. The van der Waals surface area contributed by atoms with E-state index in [-0.39, 0.29) is 12.6 Å². The van der Waals surface area contributed by atoms with E-state index in [2.05, 4.69) is 10.7 Å². The van der Waals surface area contributed by atoms with Gasteiger partial charge in [0.15, 0.2) is 6.61 Å². The maximum atomic E-state index is 10.8. The Morgan fingerprint density at radius 2 is 2.36 bits per heavy atom. The van der Waals surface area contributed by atoms with Crippen LogP contribution in [0.5, 0.6) is 0 Å². The van der Waals surface area contributed by atoms with E-state index >= 15 is 0 Å². The van der Waals surface area contributed by atoms with Gasteiger partial charge < -0.3 is 4.74 Å². The lowest BCUT2D eigenvalue weighted by Crippen LogP contribution is -2.01. The van der Waals surface area contributed by atoms with Crippen molar-refractivity contribution < 1.29 is 9.53 Å². The number of carbonyl (C=O) groups is 1. The van der Waals surface area contributed by atoms with Crippen molar-refractivity contribution in [3.63, 3.8) is 0 Å². The lowest BCUT2D eigenvalue weighted by molar-refractivity contribution is -0.136. The molecule has 0 radical (unpaired) electrons. The first-order valence-corrected chi connectivity index (χ1v) is 3.48. The predicted octanol–water partition coefficient (Wildman–Crippen LogP) is 1.52. The summed E-state index contributed by atoms with van der Waals surface area (Å²) in [5.74, 6) is 1.86. The zero-order chi connectivity index (χ0) is 8.69. The lowest BCUT2D eigenvalue weighted by Gasteiger charge is -1.96. The first-order valence-electron chi connectivity index (χ1n) is 3.48. The monoisotopic (exact) mass is 152 g/mol. The van der Waals surface area contributed by atoms with Crippen LogP contribution in [0.4, 0.5) is 0 Å². The third-order valence-electron chi connectivity index (χ3n) is 1.22. The summed E-state index contributed by atoms with van der Waals surface area (Å²) in [6.07, 6.45) is 7.20. The lowest BCUT2D eigenvalue weighted by atomic mass is 10.2. The summed E-state index contributed by atoms with van der Waals surface area (Å²) in [7, 11) is 0. The molecule has 0 aliphatic heterocycles. The molecule has 11 heavy (non-hydrogen) atoms. The first-order chi connectivity index (χ1) is 5.20. The average molecular weight is 152 g/mol. The second-order valence-electron chi connectivity index (χ2n) is 2.16. The molecular weight excluding hydrogens is 140 g/mol. The fraction of sp³-hybridized carbons (Fsp3) is 0.444. The summed E-state index contributed by atoms with van der Waals surface area (Å²) in [5, 5.41) is 0. The molecule has 60 valence electrons. The van der Waals surface area contributed by atoms with Crippen molar-refractivity contribution in [1.29, 1.82) is 0 Å². The van der Waals surface area contributed by atoms with Gasteiger partial charge in [-0.1, -0.05) is 18.4 Å². The predicted molar refractivity (Wildman–Crippen MR) is 43.8 cm³/mol.